The molecule has 3 saturated heterocycles. The Bertz CT molecular complexity index is 537. The van der Waals surface area contributed by atoms with Crippen LogP contribution in [-0.2, 0) is 14.4 Å². The Morgan fingerprint density at radius 1 is 1.50 bits per heavy atom. The van der Waals surface area contributed by atoms with E-state index in [2.05, 4.69) is 17.6 Å². The van der Waals surface area contributed by atoms with Crippen LogP contribution in [0.4, 0.5) is 0 Å². The van der Waals surface area contributed by atoms with Crippen molar-refractivity contribution < 1.29 is 14.4 Å². The molecule has 0 aromatic heterocycles. The molecule has 0 saturated carbocycles. The van der Waals surface area contributed by atoms with Crippen LogP contribution in [-0.4, -0.2) is 57.9 Å². The molecule has 8 heteroatoms. The third-order valence-corrected chi connectivity index (χ3v) is 6.57. The summed E-state index contributed by atoms with van der Waals surface area (Å²) in [7, 11) is 0. The highest BCUT2D eigenvalue weighted by molar-refractivity contribution is 8.00. The molecule has 7 nitrogen and oxygen atoms in total. The second kappa shape index (κ2) is 6.92. The Labute approximate surface area is 146 Å². The van der Waals surface area contributed by atoms with Gasteiger partial charge in [0.1, 0.15) is 11.6 Å². The summed E-state index contributed by atoms with van der Waals surface area (Å²) < 4.78 is 0. The van der Waals surface area contributed by atoms with E-state index in [-0.39, 0.29) is 23.2 Å². The number of carbonyl (C=O) groups excluding carboxylic acids is 3. The van der Waals surface area contributed by atoms with Crippen molar-refractivity contribution in [2.24, 2.45) is 5.73 Å². The third kappa shape index (κ3) is 3.01. The molecule has 3 aliphatic heterocycles. The van der Waals surface area contributed by atoms with Crippen molar-refractivity contribution in [3.63, 3.8) is 0 Å². The molecule has 4 atom stereocenters. The lowest BCUT2D eigenvalue weighted by Gasteiger charge is -2.31. The number of nitrogens with zero attached hydrogens (tertiary/aromatic N) is 1. The minimum atomic E-state index is -0.886. The molecule has 0 aromatic rings. The minimum absolute atomic E-state index is 0.0660. The second-order valence-corrected chi connectivity index (χ2v) is 8.16. The first-order valence-electron chi connectivity index (χ1n) is 8.77. The number of unbranched alkanes of at least 4 members (excludes halogenated alkanes) is 1. The van der Waals surface area contributed by atoms with Crippen molar-refractivity contribution in [3.05, 3.63) is 0 Å². The first kappa shape index (κ1) is 17.5. The van der Waals surface area contributed by atoms with Gasteiger partial charge in [0.15, 0.2) is 0 Å². The van der Waals surface area contributed by atoms with Gasteiger partial charge in [0.25, 0.3) is 0 Å². The summed E-state index contributed by atoms with van der Waals surface area (Å²) in [5.74, 6) is -0.151. The maximum absolute atomic E-state index is 13.1. The van der Waals surface area contributed by atoms with Crippen LogP contribution >= 0.6 is 11.8 Å². The van der Waals surface area contributed by atoms with Gasteiger partial charge in [0.05, 0.1) is 11.4 Å². The average Bonchev–Trinajstić information content (AvgIpc) is 3.24. The van der Waals surface area contributed by atoms with Gasteiger partial charge in [-0.3, -0.25) is 14.4 Å². The van der Waals surface area contributed by atoms with Crippen LogP contribution in [0.5, 0.6) is 0 Å². The van der Waals surface area contributed by atoms with Gasteiger partial charge in [-0.2, -0.15) is 0 Å². The molecule has 0 aromatic carbocycles. The van der Waals surface area contributed by atoms with Crippen molar-refractivity contribution >= 4 is 29.5 Å². The molecule has 3 aliphatic rings. The first-order valence-corrected chi connectivity index (χ1v) is 9.82. The summed E-state index contributed by atoms with van der Waals surface area (Å²) in [6.45, 7) is 2.90. The molecule has 3 amide bonds. The fraction of sp³-hybridized carbons (Fsp3) is 0.812. The average molecular weight is 354 g/mol. The number of amides is 3. The lowest BCUT2D eigenvalue weighted by atomic mass is 9.90. The van der Waals surface area contributed by atoms with Gasteiger partial charge in [-0.1, -0.05) is 19.8 Å². The van der Waals surface area contributed by atoms with Crippen molar-refractivity contribution in [1.82, 2.24) is 15.5 Å². The zero-order valence-corrected chi connectivity index (χ0v) is 14.9. The number of nitrogens with one attached hydrogen (secondary N) is 2. The Morgan fingerprint density at radius 3 is 2.92 bits per heavy atom. The smallest absolute Gasteiger partial charge is 0.250 e. The predicted octanol–water partition coefficient (Wildman–Crippen LogP) is -0.0573. The molecule has 0 radical (unpaired) electrons. The molecule has 3 fully saturated rings. The first-order chi connectivity index (χ1) is 11.5. The van der Waals surface area contributed by atoms with Gasteiger partial charge >= 0.3 is 0 Å². The number of carbonyl (C=O) groups is 3. The van der Waals surface area contributed by atoms with Gasteiger partial charge in [-0.25, -0.2) is 0 Å². The second-order valence-electron chi connectivity index (χ2n) is 6.95. The summed E-state index contributed by atoms with van der Waals surface area (Å²) in [4.78, 5) is 39.0. The molecule has 0 spiro atoms. The van der Waals surface area contributed by atoms with Crippen molar-refractivity contribution in [3.8, 4) is 0 Å². The topological polar surface area (TPSA) is 105 Å². The molecule has 3 heterocycles. The zero-order chi connectivity index (χ0) is 17.3. The molecule has 0 bridgehead atoms. The van der Waals surface area contributed by atoms with Gasteiger partial charge in [-0.15, -0.1) is 11.8 Å². The standard InChI is InChI=1S/C16H26N4O3S/c1-2-3-6-16(19-14(22)10-5-4-7-18-10)8-12-20(15(16)23)11(9-24-12)13(17)21/h10-12,18H,2-9H2,1H3,(H2,17,21)(H,19,22)/t10?,11-,12-,16-/m1/s1. The molecular weight excluding hydrogens is 328 g/mol. The predicted molar refractivity (Wildman–Crippen MR) is 92.1 cm³/mol. The third-order valence-electron chi connectivity index (χ3n) is 5.28. The number of rotatable bonds is 6. The number of thioether (sulfide) groups is 1. The summed E-state index contributed by atoms with van der Waals surface area (Å²) in [6, 6.07) is -0.774. The zero-order valence-electron chi connectivity index (χ0n) is 14.0. The van der Waals surface area contributed by atoms with E-state index in [9.17, 15) is 14.4 Å². The van der Waals surface area contributed by atoms with E-state index >= 15 is 0 Å². The monoisotopic (exact) mass is 354 g/mol. The van der Waals surface area contributed by atoms with E-state index in [0.717, 1.165) is 32.2 Å². The SMILES string of the molecule is CCCC[C@@]1(NC(=O)C2CCCN2)C[C@H]2SC[C@H](C(N)=O)N2C1=O. The molecular formula is C16H26N4O3S. The number of hydrogen-bond acceptors (Lipinski definition) is 5. The maximum atomic E-state index is 13.1. The number of primary amides is 1. The lowest BCUT2D eigenvalue weighted by molar-refractivity contribution is -0.141. The van der Waals surface area contributed by atoms with E-state index in [1.165, 1.54) is 0 Å². The summed E-state index contributed by atoms with van der Waals surface area (Å²) in [6.07, 6.45) is 4.75. The van der Waals surface area contributed by atoms with E-state index in [1.54, 1.807) is 16.7 Å². The highest BCUT2D eigenvalue weighted by atomic mass is 32.2. The molecule has 134 valence electrons. The van der Waals surface area contributed by atoms with Gasteiger partial charge in [0, 0.05) is 12.2 Å². The van der Waals surface area contributed by atoms with Crippen LogP contribution < -0.4 is 16.4 Å². The summed E-state index contributed by atoms with van der Waals surface area (Å²) >= 11 is 1.59. The Hall–Kier alpha value is -1.28. The van der Waals surface area contributed by atoms with Crippen LogP contribution in [0.3, 0.4) is 0 Å². The lowest BCUT2D eigenvalue weighted by Crippen LogP contribution is -2.59. The molecule has 3 rings (SSSR count). The van der Waals surface area contributed by atoms with Crippen LogP contribution in [0.15, 0.2) is 0 Å². The minimum Gasteiger partial charge on any atom is -0.368 e. The Kier molecular flexibility index (Phi) is 5.05. The molecule has 24 heavy (non-hydrogen) atoms. The van der Waals surface area contributed by atoms with Crippen LogP contribution in [0, 0.1) is 0 Å². The molecule has 4 N–H and O–H groups in total. The number of fused-ring (bicyclic) bond motifs is 1. The normalized spacial score (nSPS) is 35.3. The van der Waals surface area contributed by atoms with Gasteiger partial charge < -0.3 is 21.3 Å². The van der Waals surface area contributed by atoms with Crippen LogP contribution in [0.1, 0.15) is 45.4 Å². The largest absolute Gasteiger partial charge is 0.368 e. The molecule has 1 unspecified atom stereocenters. The van der Waals surface area contributed by atoms with Crippen LogP contribution in [0.25, 0.3) is 0 Å². The highest BCUT2D eigenvalue weighted by Gasteiger charge is 2.58. The Balaban J connectivity index is 1.80. The fourth-order valence-electron chi connectivity index (χ4n) is 3.93. The number of nitrogens with two attached hydrogens (primary N) is 1. The fourth-order valence-corrected chi connectivity index (χ4v) is 5.47. The van der Waals surface area contributed by atoms with E-state index in [0.29, 0.717) is 18.6 Å². The molecule has 0 aliphatic carbocycles. The number of hydrogen-bond donors (Lipinski definition) is 3. The summed E-state index contributed by atoms with van der Waals surface area (Å²) in [5, 5.41) is 6.16. The van der Waals surface area contributed by atoms with Crippen molar-refractivity contribution in [1.29, 1.82) is 0 Å². The summed E-state index contributed by atoms with van der Waals surface area (Å²) in [5.41, 5.74) is 4.58. The van der Waals surface area contributed by atoms with Crippen molar-refractivity contribution in [2.75, 3.05) is 12.3 Å². The quantitative estimate of drug-likeness (QED) is 0.620. The van der Waals surface area contributed by atoms with E-state index in [4.69, 9.17) is 5.73 Å². The van der Waals surface area contributed by atoms with Gasteiger partial charge in [0.2, 0.25) is 17.7 Å². The van der Waals surface area contributed by atoms with Gasteiger partial charge in [-0.05, 0) is 25.8 Å². The highest BCUT2D eigenvalue weighted by Crippen LogP contribution is 2.44. The van der Waals surface area contributed by atoms with Crippen LogP contribution in [0.2, 0.25) is 0 Å². The van der Waals surface area contributed by atoms with E-state index < -0.39 is 17.5 Å². The Morgan fingerprint density at radius 2 is 2.29 bits per heavy atom. The van der Waals surface area contributed by atoms with Crippen molar-refractivity contribution in [2.45, 2.75) is 68.4 Å². The van der Waals surface area contributed by atoms with E-state index in [1.807, 2.05) is 0 Å². The maximum Gasteiger partial charge on any atom is 0.250 e.